The minimum absolute atomic E-state index is 0.157. The average molecular weight is 268 g/mol. The number of carbonyl (C=O) groups is 1. The highest BCUT2D eigenvalue weighted by Gasteiger charge is 2.20. The van der Waals surface area contributed by atoms with Crippen molar-refractivity contribution in [2.45, 2.75) is 25.9 Å². The molecule has 1 unspecified atom stereocenters. The molecule has 0 aliphatic rings. The van der Waals surface area contributed by atoms with Gasteiger partial charge in [0.2, 0.25) is 5.91 Å². The topological polar surface area (TPSA) is 70.7 Å². The molecule has 0 aliphatic heterocycles. The predicted octanol–water partition coefficient (Wildman–Crippen LogP) is 2.02. The number of benzene rings is 1. The first kappa shape index (κ1) is 13.8. The van der Waals surface area contributed by atoms with E-state index in [1.807, 2.05) is 54.1 Å². The normalized spacial score (nSPS) is 11.6. The lowest BCUT2D eigenvalue weighted by molar-refractivity contribution is -0.120. The summed E-state index contributed by atoms with van der Waals surface area (Å²) in [5.41, 5.74) is 0.944. The number of nitriles is 1. The van der Waals surface area contributed by atoms with Crippen LogP contribution in [0.4, 0.5) is 0 Å². The van der Waals surface area contributed by atoms with Gasteiger partial charge in [0, 0.05) is 18.9 Å². The maximum Gasteiger partial charge on any atom is 0.235 e. The number of aromatic nitrogens is 2. The van der Waals surface area contributed by atoms with Crippen LogP contribution in [0, 0.1) is 11.3 Å². The van der Waals surface area contributed by atoms with Crippen molar-refractivity contribution in [1.29, 1.82) is 5.26 Å². The van der Waals surface area contributed by atoms with E-state index >= 15 is 0 Å². The molecule has 1 atom stereocenters. The summed E-state index contributed by atoms with van der Waals surface area (Å²) in [6.45, 7) is 2.79. The Morgan fingerprint density at radius 3 is 2.85 bits per heavy atom. The summed E-state index contributed by atoms with van der Waals surface area (Å²) in [5, 5.41) is 11.5. The van der Waals surface area contributed by atoms with Crippen LogP contribution in [0.3, 0.4) is 0 Å². The molecule has 5 heteroatoms. The maximum atomic E-state index is 11.8. The van der Waals surface area contributed by atoms with Crippen LogP contribution in [0.1, 0.15) is 30.8 Å². The molecule has 2 aromatic rings. The highest BCUT2D eigenvalue weighted by atomic mass is 16.1. The summed E-state index contributed by atoms with van der Waals surface area (Å²) in [4.78, 5) is 16.1. The van der Waals surface area contributed by atoms with E-state index in [1.165, 1.54) is 0 Å². The van der Waals surface area contributed by atoms with Gasteiger partial charge in [-0.25, -0.2) is 4.98 Å². The molecule has 20 heavy (non-hydrogen) atoms. The second-order valence-corrected chi connectivity index (χ2v) is 4.32. The zero-order valence-electron chi connectivity index (χ0n) is 11.3. The average Bonchev–Trinajstić information content (AvgIpc) is 2.94. The third-order valence-electron chi connectivity index (χ3n) is 3.02. The predicted molar refractivity (Wildman–Crippen MR) is 74.6 cm³/mol. The Bertz CT molecular complexity index is 612. The molecule has 0 radical (unpaired) electrons. The molecule has 0 spiro atoms. The summed E-state index contributed by atoms with van der Waals surface area (Å²) >= 11 is 0. The lowest BCUT2D eigenvalue weighted by Gasteiger charge is -2.19. The number of carbonyl (C=O) groups excluding carboxylic acids is 1. The van der Waals surface area contributed by atoms with Crippen LogP contribution in [0.15, 0.2) is 42.7 Å². The Morgan fingerprint density at radius 1 is 1.45 bits per heavy atom. The molecule has 1 aromatic carbocycles. The summed E-state index contributed by atoms with van der Waals surface area (Å²) in [6, 6.07) is 11.1. The Hall–Kier alpha value is -2.61. The third-order valence-corrected chi connectivity index (χ3v) is 3.02. The van der Waals surface area contributed by atoms with E-state index in [0.717, 1.165) is 17.9 Å². The maximum absolute atomic E-state index is 11.8. The molecule has 1 N–H and O–H groups in total. The number of nitrogens with zero attached hydrogens (tertiary/aromatic N) is 3. The number of amides is 1. The van der Waals surface area contributed by atoms with Crippen LogP contribution in [-0.2, 0) is 11.3 Å². The van der Waals surface area contributed by atoms with E-state index in [0.29, 0.717) is 0 Å². The van der Waals surface area contributed by atoms with Crippen molar-refractivity contribution in [2.24, 2.45) is 0 Å². The minimum atomic E-state index is -0.341. The van der Waals surface area contributed by atoms with E-state index < -0.39 is 0 Å². The fourth-order valence-electron chi connectivity index (χ4n) is 2.07. The van der Waals surface area contributed by atoms with Crippen molar-refractivity contribution >= 4 is 5.91 Å². The standard InChI is InChI=1S/C15H16N4O/c1-2-19-11-10-17-15(19)14(18-13(20)8-9-16)12-6-4-3-5-7-12/h3-7,10-11,14H,2,8H2,1H3,(H,18,20). The molecule has 1 aromatic heterocycles. The summed E-state index contributed by atoms with van der Waals surface area (Å²) in [6.07, 6.45) is 3.43. The van der Waals surface area contributed by atoms with Crippen molar-refractivity contribution in [3.8, 4) is 6.07 Å². The number of hydrogen-bond acceptors (Lipinski definition) is 3. The Labute approximate surface area is 117 Å². The molecule has 0 aliphatic carbocycles. The zero-order chi connectivity index (χ0) is 14.4. The fraction of sp³-hybridized carbons (Fsp3) is 0.267. The summed E-state index contributed by atoms with van der Waals surface area (Å²) in [5.74, 6) is 0.469. The van der Waals surface area contributed by atoms with Gasteiger partial charge in [0.25, 0.3) is 0 Å². The third kappa shape index (κ3) is 3.04. The highest BCUT2D eigenvalue weighted by molar-refractivity contribution is 5.78. The van der Waals surface area contributed by atoms with Gasteiger partial charge in [-0.3, -0.25) is 4.79 Å². The number of nitrogens with one attached hydrogen (secondary N) is 1. The van der Waals surface area contributed by atoms with E-state index in [1.54, 1.807) is 6.20 Å². The van der Waals surface area contributed by atoms with Gasteiger partial charge >= 0.3 is 0 Å². The first-order valence-corrected chi connectivity index (χ1v) is 6.48. The number of hydrogen-bond donors (Lipinski definition) is 1. The lowest BCUT2D eigenvalue weighted by atomic mass is 10.1. The fourth-order valence-corrected chi connectivity index (χ4v) is 2.07. The lowest BCUT2D eigenvalue weighted by Crippen LogP contribution is -2.30. The number of aryl methyl sites for hydroxylation is 1. The second-order valence-electron chi connectivity index (χ2n) is 4.32. The monoisotopic (exact) mass is 268 g/mol. The summed E-state index contributed by atoms with van der Waals surface area (Å²) < 4.78 is 1.98. The van der Waals surface area contributed by atoms with Crippen LogP contribution in [0.25, 0.3) is 0 Å². The molecule has 1 heterocycles. The smallest absolute Gasteiger partial charge is 0.235 e. The van der Waals surface area contributed by atoms with Gasteiger partial charge in [0.15, 0.2) is 0 Å². The van der Waals surface area contributed by atoms with E-state index in [4.69, 9.17) is 5.26 Å². The Kier molecular flexibility index (Phi) is 4.51. The molecule has 1 amide bonds. The summed E-state index contributed by atoms with van der Waals surface area (Å²) in [7, 11) is 0. The molecule has 2 rings (SSSR count). The molecule has 0 saturated heterocycles. The minimum Gasteiger partial charge on any atom is -0.341 e. The van der Waals surface area contributed by atoms with Crippen molar-refractivity contribution in [2.75, 3.05) is 0 Å². The largest absolute Gasteiger partial charge is 0.341 e. The molecular formula is C15H16N4O. The van der Waals surface area contributed by atoms with E-state index in [2.05, 4.69) is 10.3 Å². The number of imidazole rings is 1. The number of rotatable bonds is 5. The van der Waals surface area contributed by atoms with Gasteiger partial charge < -0.3 is 9.88 Å². The van der Waals surface area contributed by atoms with Crippen LogP contribution in [-0.4, -0.2) is 15.5 Å². The van der Waals surface area contributed by atoms with Gasteiger partial charge in [-0.1, -0.05) is 30.3 Å². The van der Waals surface area contributed by atoms with Crippen LogP contribution in [0.2, 0.25) is 0 Å². The molecule has 5 nitrogen and oxygen atoms in total. The molecule has 0 saturated carbocycles. The zero-order valence-corrected chi connectivity index (χ0v) is 11.3. The van der Waals surface area contributed by atoms with E-state index in [-0.39, 0.29) is 18.4 Å². The quantitative estimate of drug-likeness (QED) is 0.901. The highest BCUT2D eigenvalue weighted by Crippen LogP contribution is 2.20. The SMILES string of the molecule is CCn1ccnc1C(NC(=O)CC#N)c1ccccc1. The van der Waals surface area contributed by atoms with Gasteiger partial charge in [-0.2, -0.15) is 5.26 Å². The van der Waals surface area contributed by atoms with Gasteiger partial charge in [-0.15, -0.1) is 0 Å². The second kappa shape index (κ2) is 6.53. The van der Waals surface area contributed by atoms with Crippen LogP contribution < -0.4 is 5.32 Å². The van der Waals surface area contributed by atoms with Crippen LogP contribution >= 0.6 is 0 Å². The van der Waals surface area contributed by atoms with Crippen molar-refractivity contribution in [3.63, 3.8) is 0 Å². The van der Waals surface area contributed by atoms with Gasteiger partial charge in [0.1, 0.15) is 18.3 Å². The molecule has 102 valence electrons. The first-order valence-electron chi connectivity index (χ1n) is 6.48. The molecular weight excluding hydrogens is 252 g/mol. The van der Waals surface area contributed by atoms with E-state index in [9.17, 15) is 4.79 Å². The van der Waals surface area contributed by atoms with Gasteiger partial charge in [0.05, 0.1) is 6.07 Å². The molecule has 0 bridgehead atoms. The van der Waals surface area contributed by atoms with Crippen molar-refractivity contribution in [3.05, 3.63) is 54.1 Å². The van der Waals surface area contributed by atoms with Gasteiger partial charge in [-0.05, 0) is 12.5 Å². The van der Waals surface area contributed by atoms with Crippen LogP contribution in [0.5, 0.6) is 0 Å². The Balaban J connectivity index is 2.35. The molecule has 0 fully saturated rings. The van der Waals surface area contributed by atoms with Crippen molar-refractivity contribution < 1.29 is 4.79 Å². The van der Waals surface area contributed by atoms with Crippen molar-refractivity contribution in [1.82, 2.24) is 14.9 Å². The Morgan fingerprint density at radius 2 is 2.20 bits per heavy atom. The first-order chi connectivity index (χ1) is 9.76.